The monoisotopic (exact) mass is 371 g/mol. The van der Waals surface area contributed by atoms with E-state index in [-0.39, 0.29) is 5.69 Å². The minimum Gasteiger partial charge on any atom is -0.258 e. The molecule has 0 aliphatic carbocycles. The van der Waals surface area contributed by atoms with Gasteiger partial charge in [0.15, 0.2) is 5.82 Å². The molecule has 1 aromatic heterocycles. The van der Waals surface area contributed by atoms with E-state index in [9.17, 15) is 10.1 Å². The van der Waals surface area contributed by atoms with E-state index in [0.29, 0.717) is 27.3 Å². The fourth-order valence-electron chi connectivity index (χ4n) is 2.45. The molecule has 25 heavy (non-hydrogen) atoms. The van der Waals surface area contributed by atoms with Crippen LogP contribution in [0.5, 0.6) is 0 Å². The highest BCUT2D eigenvalue weighted by molar-refractivity contribution is 7.99. The van der Waals surface area contributed by atoms with E-state index in [1.807, 2.05) is 18.2 Å². The molecule has 0 bridgehead atoms. The molecule has 7 nitrogen and oxygen atoms in total. The summed E-state index contributed by atoms with van der Waals surface area (Å²) in [4.78, 5) is 10.6. The SMILES string of the molecule is O=[N+]([O-])c1cccc(C2=Nn3c(nnc3-c3ccc(Cl)cc3)SC2)c1. The van der Waals surface area contributed by atoms with Crippen molar-refractivity contribution in [3.8, 4) is 11.4 Å². The van der Waals surface area contributed by atoms with E-state index in [1.54, 1.807) is 22.9 Å². The predicted molar refractivity (Wildman–Crippen MR) is 96.2 cm³/mol. The lowest BCUT2D eigenvalue weighted by molar-refractivity contribution is -0.384. The number of aromatic nitrogens is 3. The zero-order valence-electron chi connectivity index (χ0n) is 12.7. The third kappa shape index (κ3) is 3.01. The highest BCUT2D eigenvalue weighted by atomic mass is 35.5. The second kappa shape index (κ2) is 6.30. The second-order valence-corrected chi connectivity index (χ2v) is 6.65. The summed E-state index contributed by atoms with van der Waals surface area (Å²) in [6, 6.07) is 13.7. The molecular weight excluding hydrogens is 362 g/mol. The van der Waals surface area contributed by atoms with Crippen LogP contribution in [-0.2, 0) is 0 Å². The molecule has 124 valence electrons. The molecule has 1 aliphatic heterocycles. The molecule has 0 atom stereocenters. The van der Waals surface area contributed by atoms with Crippen molar-refractivity contribution in [3.05, 3.63) is 69.2 Å². The van der Waals surface area contributed by atoms with Gasteiger partial charge in [0, 0.05) is 34.0 Å². The van der Waals surface area contributed by atoms with Gasteiger partial charge in [0.25, 0.3) is 5.69 Å². The van der Waals surface area contributed by atoms with Gasteiger partial charge in [-0.2, -0.15) is 9.78 Å². The summed E-state index contributed by atoms with van der Waals surface area (Å²) in [5.41, 5.74) is 2.32. The molecule has 2 heterocycles. The van der Waals surface area contributed by atoms with Crippen molar-refractivity contribution < 1.29 is 4.92 Å². The molecule has 0 saturated heterocycles. The highest BCUT2D eigenvalue weighted by Gasteiger charge is 2.21. The first-order valence-corrected chi connectivity index (χ1v) is 8.65. The minimum atomic E-state index is -0.413. The Hall–Kier alpha value is -2.71. The molecule has 0 saturated carbocycles. The van der Waals surface area contributed by atoms with Crippen LogP contribution in [0, 0.1) is 10.1 Å². The molecule has 0 N–H and O–H groups in total. The third-order valence-corrected chi connectivity index (χ3v) is 4.85. The Balaban J connectivity index is 1.77. The summed E-state index contributed by atoms with van der Waals surface area (Å²) in [6.45, 7) is 0. The van der Waals surface area contributed by atoms with Crippen LogP contribution >= 0.6 is 23.4 Å². The Morgan fingerprint density at radius 2 is 1.92 bits per heavy atom. The van der Waals surface area contributed by atoms with Crippen LogP contribution in [0.1, 0.15) is 5.56 Å². The first kappa shape index (κ1) is 15.8. The fourth-order valence-corrected chi connectivity index (χ4v) is 3.41. The Morgan fingerprint density at radius 1 is 1.12 bits per heavy atom. The van der Waals surface area contributed by atoms with Gasteiger partial charge in [-0.05, 0) is 24.3 Å². The average molecular weight is 372 g/mol. The van der Waals surface area contributed by atoms with Gasteiger partial charge in [-0.15, -0.1) is 10.2 Å². The van der Waals surface area contributed by atoms with Gasteiger partial charge >= 0.3 is 0 Å². The molecule has 3 aromatic rings. The smallest absolute Gasteiger partial charge is 0.258 e. The molecule has 0 unspecified atom stereocenters. The van der Waals surface area contributed by atoms with Crippen LogP contribution in [0.4, 0.5) is 5.69 Å². The van der Waals surface area contributed by atoms with Crippen LogP contribution < -0.4 is 0 Å². The minimum absolute atomic E-state index is 0.0395. The maximum absolute atomic E-state index is 11.0. The van der Waals surface area contributed by atoms with Crippen LogP contribution in [-0.4, -0.2) is 31.3 Å². The molecule has 1 aliphatic rings. The molecule has 4 rings (SSSR count). The van der Waals surface area contributed by atoms with E-state index in [4.69, 9.17) is 11.6 Å². The summed E-state index contributed by atoms with van der Waals surface area (Å²) in [7, 11) is 0. The van der Waals surface area contributed by atoms with Crippen molar-refractivity contribution in [2.24, 2.45) is 5.10 Å². The van der Waals surface area contributed by atoms with E-state index < -0.39 is 4.92 Å². The molecule has 2 aromatic carbocycles. The number of fused-ring (bicyclic) bond motifs is 1. The topological polar surface area (TPSA) is 86.2 Å². The maximum atomic E-state index is 11.0. The number of thioether (sulfide) groups is 1. The van der Waals surface area contributed by atoms with Gasteiger partial charge in [-0.3, -0.25) is 10.1 Å². The number of nitro groups is 1. The number of nitro benzene ring substituents is 1. The number of rotatable bonds is 3. The Labute approximate surface area is 151 Å². The summed E-state index contributed by atoms with van der Waals surface area (Å²) < 4.78 is 1.66. The lowest BCUT2D eigenvalue weighted by Gasteiger charge is -2.13. The predicted octanol–water partition coefficient (Wildman–Crippen LogP) is 3.86. The molecule has 0 spiro atoms. The number of hydrogen-bond donors (Lipinski definition) is 0. The van der Waals surface area contributed by atoms with Crippen LogP contribution in [0.2, 0.25) is 5.02 Å². The van der Waals surface area contributed by atoms with Gasteiger partial charge in [0.2, 0.25) is 5.16 Å². The molecular formula is C16H10ClN5O2S. The number of benzene rings is 2. The van der Waals surface area contributed by atoms with Crippen LogP contribution in [0.3, 0.4) is 0 Å². The van der Waals surface area contributed by atoms with E-state index in [1.165, 1.54) is 23.9 Å². The average Bonchev–Trinajstić information content (AvgIpc) is 3.05. The van der Waals surface area contributed by atoms with Gasteiger partial charge in [-0.1, -0.05) is 35.5 Å². The standard InChI is InChI=1S/C16H10ClN5O2S/c17-12-6-4-10(5-7-12)15-18-19-16-21(15)20-14(9-25-16)11-2-1-3-13(8-11)22(23)24/h1-8H,9H2. The number of non-ortho nitro benzene ring substituents is 1. The van der Waals surface area contributed by atoms with Crippen molar-refractivity contribution in [1.82, 2.24) is 14.9 Å². The highest BCUT2D eigenvalue weighted by Crippen LogP contribution is 2.29. The summed E-state index contributed by atoms with van der Waals surface area (Å²) in [6.07, 6.45) is 0. The zero-order chi connectivity index (χ0) is 17.4. The summed E-state index contributed by atoms with van der Waals surface area (Å²) in [5, 5.41) is 25.3. The second-order valence-electron chi connectivity index (χ2n) is 5.27. The zero-order valence-corrected chi connectivity index (χ0v) is 14.2. The molecule has 0 fully saturated rings. The Morgan fingerprint density at radius 3 is 2.68 bits per heavy atom. The van der Waals surface area contributed by atoms with Gasteiger partial charge in [0.1, 0.15) is 0 Å². The maximum Gasteiger partial charge on any atom is 0.270 e. The van der Waals surface area contributed by atoms with Crippen LogP contribution in [0.15, 0.2) is 58.8 Å². The van der Waals surface area contributed by atoms with E-state index in [2.05, 4.69) is 15.3 Å². The molecule has 0 amide bonds. The lowest BCUT2D eigenvalue weighted by Crippen LogP contribution is -2.14. The van der Waals surface area contributed by atoms with E-state index >= 15 is 0 Å². The number of nitrogens with zero attached hydrogens (tertiary/aromatic N) is 5. The Bertz CT molecular complexity index is 1000. The number of halogens is 1. The van der Waals surface area contributed by atoms with Crippen molar-refractivity contribution >= 4 is 34.8 Å². The normalized spacial score (nSPS) is 13.2. The van der Waals surface area contributed by atoms with Crippen molar-refractivity contribution in [3.63, 3.8) is 0 Å². The quantitative estimate of drug-likeness (QED) is 0.515. The fraction of sp³-hybridized carbons (Fsp3) is 0.0625. The van der Waals surface area contributed by atoms with Gasteiger partial charge in [0.05, 0.1) is 10.6 Å². The first-order valence-electron chi connectivity index (χ1n) is 7.28. The molecule has 9 heteroatoms. The lowest BCUT2D eigenvalue weighted by atomic mass is 10.1. The molecule has 0 radical (unpaired) electrons. The van der Waals surface area contributed by atoms with E-state index in [0.717, 1.165) is 11.3 Å². The van der Waals surface area contributed by atoms with Gasteiger partial charge in [-0.25, -0.2) is 0 Å². The van der Waals surface area contributed by atoms with Crippen molar-refractivity contribution in [2.75, 3.05) is 5.75 Å². The third-order valence-electron chi connectivity index (χ3n) is 3.66. The summed E-state index contributed by atoms with van der Waals surface area (Å²) in [5.74, 6) is 1.17. The van der Waals surface area contributed by atoms with Gasteiger partial charge < -0.3 is 0 Å². The first-order chi connectivity index (χ1) is 12.1. The number of hydrogen-bond acceptors (Lipinski definition) is 6. The summed E-state index contributed by atoms with van der Waals surface area (Å²) >= 11 is 7.42. The van der Waals surface area contributed by atoms with Crippen molar-refractivity contribution in [1.29, 1.82) is 0 Å². The van der Waals surface area contributed by atoms with Crippen LogP contribution in [0.25, 0.3) is 11.4 Å². The largest absolute Gasteiger partial charge is 0.270 e. The van der Waals surface area contributed by atoms with Crippen molar-refractivity contribution in [2.45, 2.75) is 5.16 Å². The Kier molecular flexibility index (Phi) is 3.98.